The Bertz CT molecular complexity index is 1900. The molecule has 0 atom stereocenters. The SMILES string of the molecule is C1CCOCC1.COc1nc(-c2cccc(-c3cccc(Nc4nc(C(F)F)cc5cnn(C)c(=O)c45)c3C)c2Cl)ccc1CN. The Morgan fingerprint density at radius 2 is 1.76 bits per heavy atom. The van der Waals surface area contributed by atoms with E-state index in [-0.39, 0.29) is 23.1 Å². The van der Waals surface area contributed by atoms with Gasteiger partial charge in [-0.25, -0.2) is 23.4 Å². The number of aromatic nitrogens is 4. The average molecular weight is 649 g/mol. The molecule has 46 heavy (non-hydrogen) atoms. The predicted molar refractivity (Wildman–Crippen MR) is 177 cm³/mol. The van der Waals surface area contributed by atoms with Gasteiger partial charge in [0, 0.05) is 54.6 Å². The molecule has 240 valence electrons. The van der Waals surface area contributed by atoms with Crippen LogP contribution in [0.5, 0.6) is 5.88 Å². The molecule has 1 aliphatic heterocycles. The Morgan fingerprint density at radius 3 is 2.41 bits per heavy atom. The van der Waals surface area contributed by atoms with Crippen LogP contribution < -0.4 is 21.3 Å². The second kappa shape index (κ2) is 14.8. The molecule has 0 bridgehead atoms. The highest BCUT2D eigenvalue weighted by Crippen LogP contribution is 2.40. The van der Waals surface area contributed by atoms with Crippen molar-refractivity contribution in [3.8, 4) is 28.3 Å². The maximum absolute atomic E-state index is 13.6. The van der Waals surface area contributed by atoms with Crippen LogP contribution in [0.2, 0.25) is 5.02 Å². The minimum absolute atomic E-state index is 0.0205. The first kappa shape index (κ1) is 32.9. The van der Waals surface area contributed by atoms with Crippen LogP contribution >= 0.6 is 11.6 Å². The number of ether oxygens (including phenoxy) is 2. The molecule has 0 saturated carbocycles. The molecule has 0 amide bonds. The Balaban J connectivity index is 0.000000624. The highest BCUT2D eigenvalue weighted by molar-refractivity contribution is 6.36. The molecule has 1 saturated heterocycles. The van der Waals surface area contributed by atoms with Gasteiger partial charge in [0.25, 0.3) is 12.0 Å². The number of rotatable bonds is 7. The molecule has 5 aromatic rings. The molecule has 2 aromatic carbocycles. The number of fused-ring (bicyclic) bond motifs is 1. The van der Waals surface area contributed by atoms with Gasteiger partial charge in [-0.3, -0.25) is 4.79 Å². The number of halogens is 3. The predicted octanol–water partition coefficient (Wildman–Crippen LogP) is 7.35. The summed E-state index contributed by atoms with van der Waals surface area (Å²) in [6, 6.07) is 16.0. The maximum atomic E-state index is 13.6. The van der Waals surface area contributed by atoms with Crippen molar-refractivity contribution in [2.45, 2.75) is 39.2 Å². The maximum Gasteiger partial charge on any atom is 0.280 e. The smallest absolute Gasteiger partial charge is 0.280 e. The van der Waals surface area contributed by atoms with Crippen molar-refractivity contribution in [3.63, 3.8) is 0 Å². The molecule has 4 heterocycles. The van der Waals surface area contributed by atoms with E-state index in [1.54, 1.807) is 6.07 Å². The minimum Gasteiger partial charge on any atom is -0.481 e. The Morgan fingerprint density at radius 1 is 1.04 bits per heavy atom. The van der Waals surface area contributed by atoms with Gasteiger partial charge in [0.15, 0.2) is 0 Å². The number of nitrogens with two attached hydrogens (primary N) is 1. The van der Waals surface area contributed by atoms with Gasteiger partial charge in [0.2, 0.25) is 5.88 Å². The van der Waals surface area contributed by atoms with E-state index >= 15 is 0 Å². The summed E-state index contributed by atoms with van der Waals surface area (Å²) in [6.45, 7) is 4.16. The van der Waals surface area contributed by atoms with Crippen LogP contribution in [-0.4, -0.2) is 40.1 Å². The van der Waals surface area contributed by atoms with Gasteiger partial charge in [-0.2, -0.15) is 5.10 Å². The second-order valence-electron chi connectivity index (χ2n) is 10.7. The summed E-state index contributed by atoms with van der Waals surface area (Å²) in [7, 11) is 3.02. The lowest BCUT2D eigenvalue weighted by Gasteiger charge is -2.17. The molecule has 12 heteroatoms. The lowest BCUT2D eigenvalue weighted by atomic mass is 9.96. The molecule has 0 unspecified atom stereocenters. The number of hydrogen-bond donors (Lipinski definition) is 2. The van der Waals surface area contributed by atoms with E-state index in [0.717, 1.165) is 40.1 Å². The van der Waals surface area contributed by atoms with E-state index < -0.39 is 17.7 Å². The monoisotopic (exact) mass is 648 g/mol. The number of nitrogens with one attached hydrogen (secondary N) is 1. The van der Waals surface area contributed by atoms with Crippen molar-refractivity contribution < 1.29 is 18.3 Å². The number of aryl methyl sites for hydroxylation is 1. The number of benzene rings is 2. The van der Waals surface area contributed by atoms with Crippen molar-refractivity contribution in [2.75, 3.05) is 25.6 Å². The molecule has 0 radical (unpaired) electrons. The summed E-state index contributed by atoms with van der Waals surface area (Å²) in [5, 5.41) is 7.97. The van der Waals surface area contributed by atoms with E-state index in [1.807, 2.05) is 49.4 Å². The molecular weight excluding hydrogens is 614 g/mol. The fraction of sp³-hybridized carbons (Fsp3) is 0.294. The first-order valence-electron chi connectivity index (χ1n) is 14.9. The van der Waals surface area contributed by atoms with E-state index in [4.69, 9.17) is 26.8 Å². The summed E-state index contributed by atoms with van der Waals surface area (Å²) >= 11 is 6.93. The Hall–Kier alpha value is -4.45. The average Bonchev–Trinajstić information content (AvgIpc) is 3.08. The first-order valence-corrected chi connectivity index (χ1v) is 15.2. The number of nitrogens with zero attached hydrogens (tertiary/aromatic N) is 4. The number of anilines is 2. The van der Waals surface area contributed by atoms with E-state index in [0.29, 0.717) is 27.8 Å². The third-order valence-corrected chi connectivity index (χ3v) is 8.16. The number of methoxy groups -OCH3 is 1. The zero-order valence-corrected chi connectivity index (χ0v) is 26.6. The number of pyridine rings is 2. The number of hydrogen-bond acceptors (Lipinski definition) is 8. The van der Waals surface area contributed by atoms with E-state index in [9.17, 15) is 13.6 Å². The van der Waals surface area contributed by atoms with Crippen LogP contribution in [0.3, 0.4) is 0 Å². The zero-order valence-electron chi connectivity index (χ0n) is 25.8. The van der Waals surface area contributed by atoms with E-state index in [1.165, 1.54) is 45.7 Å². The van der Waals surface area contributed by atoms with Crippen molar-refractivity contribution in [1.82, 2.24) is 19.7 Å². The fourth-order valence-electron chi connectivity index (χ4n) is 5.24. The quantitative estimate of drug-likeness (QED) is 0.188. The normalized spacial score (nSPS) is 13.0. The standard InChI is InChI=1S/C29H25ClF2N6O2.C5H10O/c1-15-18(19-7-4-8-20(25(19)30)22-11-10-16(13-33)28(37-22)40-3)6-5-9-21(15)35-27-24-17(12-23(36-27)26(31)32)14-34-38(2)29(24)39;1-2-4-6-5-3-1/h4-12,14,26H,13,33H2,1-3H3,(H,35,36);1-5H2. The minimum atomic E-state index is -2.82. The van der Waals surface area contributed by atoms with Crippen molar-refractivity contribution in [1.29, 1.82) is 0 Å². The van der Waals surface area contributed by atoms with Crippen LogP contribution in [0, 0.1) is 6.92 Å². The van der Waals surface area contributed by atoms with Crippen LogP contribution in [0.15, 0.2) is 65.6 Å². The van der Waals surface area contributed by atoms with Gasteiger partial charge in [0.05, 0.1) is 29.4 Å². The van der Waals surface area contributed by atoms with Crippen molar-refractivity contribution in [2.24, 2.45) is 12.8 Å². The summed E-state index contributed by atoms with van der Waals surface area (Å²) in [5.41, 5.74) is 9.85. The molecule has 0 aliphatic carbocycles. The highest BCUT2D eigenvalue weighted by Gasteiger charge is 2.19. The molecular formula is C34H35ClF2N6O3. The van der Waals surface area contributed by atoms with Crippen molar-refractivity contribution in [3.05, 3.63) is 93.0 Å². The lowest BCUT2D eigenvalue weighted by molar-refractivity contribution is 0.0968. The van der Waals surface area contributed by atoms with E-state index in [2.05, 4.69) is 20.4 Å². The summed E-state index contributed by atoms with van der Waals surface area (Å²) in [5.74, 6) is 0.447. The topological polar surface area (TPSA) is 117 Å². The van der Waals surface area contributed by atoms with Crippen LogP contribution in [0.1, 0.15) is 42.5 Å². The largest absolute Gasteiger partial charge is 0.481 e. The molecule has 0 spiro atoms. The van der Waals surface area contributed by atoms with Gasteiger partial charge >= 0.3 is 0 Å². The van der Waals surface area contributed by atoms with Gasteiger partial charge < -0.3 is 20.5 Å². The summed E-state index contributed by atoms with van der Waals surface area (Å²) < 4.78 is 38.9. The third-order valence-electron chi connectivity index (χ3n) is 7.75. The van der Waals surface area contributed by atoms with Gasteiger partial charge in [-0.05, 0) is 55.5 Å². The Labute approximate surface area is 270 Å². The number of alkyl halides is 2. The fourth-order valence-corrected chi connectivity index (χ4v) is 5.57. The molecule has 9 nitrogen and oxygen atoms in total. The second-order valence-corrected chi connectivity index (χ2v) is 11.1. The third kappa shape index (κ3) is 7.01. The summed E-state index contributed by atoms with van der Waals surface area (Å²) in [6.07, 6.45) is 2.47. The first-order chi connectivity index (χ1) is 22.2. The van der Waals surface area contributed by atoms with Gasteiger partial charge in [-0.15, -0.1) is 0 Å². The van der Waals surface area contributed by atoms with Gasteiger partial charge in [-0.1, -0.05) is 48.0 Å². The highest BCUT2D eigenvalue weighted by atomic mass is 35.5. The van der Waals surface area contributed by atoms with Gasteiger partial charge in [0.1, 0.15) is 11.5 Å². The zero-order chi connectivity index (χ0) is 32.8. The Kier molecular flexibility index (Phi) is 10.6. The molecule has 3 aromatic heterocycles. The molecule has 6 rings (SSSR count). The lowest BCUT2D eigenvalue weighted by Crippen LogP contribution is -2.20. The van der Waals surface area contributed by atoms with Crippen LogP contribution in [0.25, 0.3) is 33.2 Å². The molecule has 3 N–H and O–H groups in total. The van der Waals surface area contributed by atoms with Crippen molar-refractivity contribution >= 4 is 33.9 Å². The van der Waals surface area contributed by atoms with Crippen LogP contribution in [0.4, 0.5) is 20.3 Å². The summed E-state index contributed by atoms with van der Waals surface area (Å²) in [4.78, 5) is 21.6. The molecule has 1 fully saturated rings. The molecule has 1 aliphatic rings. The van der Waals surface area contributed by atoms with Crippen LogP contribution in [-0.2, 0) is 18.3 Å².